The first-order chi connectivity index (χ1) is 19.5. The molecule has 0 fully saturated rings. The van der Waals surface area contributed by atoms with Crippen molar-refractivity contribution in [3.63, 3.8) is 0 Å². The number of benzene rings is 3. The molecule has 0 saturated heterocycles. The largest absolute Gasteiger partial charge is 0.440 e. The molecule has 0 atom stereocenters. The van der Waals surface area contributed by atoms with Crippen LogP contribution in [0.5, 0.6) is 0 Å². The van der Waals surface area contributed by atoms with E-state index in [0.29, 0.717) is 28.5 Å². The van der Waals surface area contributed by atoms with Gasteiger partial charge in [0.2, 0.25) is 0 Å². The number of aliphatic hydroxyl groups excluding tert-OH is 1. The maximum absolute atomic E-state index is 15.1. The highest BCUT2D eigenvalue weighted by atomic mass is 32.2. The van der Waals surface area contributed by atoms with E-state index in [0.717, 1.165) is 53.9 Å². The van der Waals surface area contributed by atoms with Gasteiger partial charge in [0.05, 0.1) is 22.9 Å². The van der Waals surface area contributed by atoms with Crippen LogP contribution >= 0.6 is 0 Å². The fraction of sp³-hybridized carbons (Fsp3) is 0.250. The Morgan fingerprint density at radius 3 is 2.41 bits per heavy atom. The molecule has 3 aromatic carbocycles. The van der Waals surface area contributed by atoms with Crippen molar-refractivity contribution in [1.29, 1.82) is 0 Å². The van der Waals surface area contributed by atoms with E-state index in [1.54, 1.807) is 6.92 Å². The number of aryl methyl sites for hydroxylation is 5. The summed E-state index contributed by atoms with van der Waals surface area (Å²) < 4.78 is 48.2. The standard InChI is InChI=1S/C32H30FN3O4S/c1-18-16-36(19(2)34-18)29-11-10-23(25-14-28(33)27(17-37)30(15-25)41(4,38)39)13-26(29)31-32(40-20(3)35-31)24-9-8-21-6-5-7-22(21)12-24/h8-16,37H,5-7,17H2,1-4H3. The molecule has 0 bridgehead atoms. The molecular formula is C32H30FN3O4S. The van der Waals surface area contributed by atoms with Gasteiger partial charge in [-0.15, -0.1) is 0 Å². The highest BCUT2D eigenvalue weighted by Crippen LogP contribution is 2.40. The summed E-state index contributed by atoms with van der Waals surface area (Å²) in [5, 5.41) is 9.67. The molecule has 7 nitrogen and oxygen atoms in total. The van der Waals surface area contributed by atoms with Gasteiger partial charge in [0, 0.05) is 36.1 Å². The number of fused-ring (bicyclic) bond motifs is 1. The number of imidazole rings is 1. The third kappa shape index (κ3) is 4.89. The predicted octanol–water partition coefficient (Wildman–Crippen LogP) is 6.31. The Morgan fingerprint density at radius 2 is 1.71 bits per heavy atom. The molecule has 2 aromatic heterocycles. The zero-order valence-electron chi connectivity index (χ0n) is 23.3. The lowest BCUT2D eigenvalue weighted by atomic mass is 9.96. The van der Waals surface area contributed by atoms with Crippen molar-refractivity contribution in [2.45, 2.75) is 51.5 Å². The molecule has 0 spiro atoms. The van der Waals surface area contributed by atoms with E-state index < -0.39 is 22.3 Å². The van der Waals surface area contributed by atoms with Crippen molar-refractivity contribution < 1.29 is 22.3 Å². The number of sulfone groups is 1. The number of aliphatic hydroxyl groups is 1. The summed E-state index contributed by atoms with van der Waals surface area (Å²) in [6.07, 6.45) is 6.17. The molecule has 9 heteroatoms. The van der Waals surface area contributed by atoms with Crippen molar-refractivity contribution in [3.8, 4) is 39.4 Å². The lowest BCUT2D eigenvalue weighted by molar-refractivity contribution is 0.272. The van der Waals surface area contributed by atoms with Crippen LogP contribution in [-0.2, 0) is 29.3 Å². The zero-order valence-corrected chi connectivity index (χ0v) is 24.1. The second kappa shape index (κ2) is 10.1. The van der Waals surface area contributed by atoms with E-state index in [9.17, 15) is 13.5 Å². The number of halogens is 1. The molecule has 5 aromatic rings. The van der Waals surface area contributed by atoms with Crippen molar-refractivity contribution in [2.24, 2.45) is 0 Å². The van der Waals surface area contributed by atoms with Crippen LogP contribution in [0.15, 0.2) is 64.0 Å². The quantitative estimate of drug-likeness (QED) is 0.257. The van der Waals surface area contributed by atoms with E-state index in [2.05, 4.69) is 23.2 Å². The molecule has 41 heavy (non-hydrogen) atoms. The minimum absolute atomic E-state index is 0.238. The second-order valence-electron chi connectivity index (χ2n) is 10.6. The molecule has 2 heterocycles. The molecule has 0 saturated carbocycles. The van der Waals surface area contributed by atoms with Crippen molar-refractivity contribution in [1.82, 2.24) is 14.5 Å². The molecule has 6 rings (SSSR count). The zero-order chi connectivity index (χ0) is 29.1. The fourth-order valence-electron chi connectivity index (χ4n) is 5.76. The predicted molar refractivity (Wildman–Crippen MR) is 155 cm³/mol. The summed E-state index contributed by atoms with van der Waals surface area (Å²) >= 11 is 0. The summed E-state index contributed by atoms with van der Waals surface area (Å²) in [6.45, 7) is 4.92. The average molecular weight is 572 g/mol. The summed E-state index contributed by atoms with van der Waals surface area (Å²) in [4.78, 5) is 9.14. The fourth-order valence-corrected chi connectivity index (χ4v) is 6.71. The lowest BCUT2D eigenvalue weighted by Crippen LogP contribution is -2.06. The Kier molecular flexibility index (Phi) is 6.66. The highest BCUT2D eigenvalue weighted by molar-refractivity contribution is 7.90. The summed E-state index contributed by atoms with van der Waals surface area (Å²) in [5.41, 5.74) is 7.31. The third-order valence-electron chi connectivity index (χ3n) is 7.65. The van der Waals surface area contributed by atoms with Gasteiger partial charge in [0.15, 0.2) is 21.5 Å². The second-order valence-corrected chi connectivity index (χ2v) is 12.6. The molecule has 1 aliphatic rings. The molecule has 1 N–H and O–H groups in total. The topological polar surface area (TPSA) is 98.2 Å². The summed E-state index contributed by atoms with van der Waals surface area (Å²) in [5.74, 6) is 1.13. The number of nitrogens with zero attached hydrogens (tertiary/aromatic N) is 3. The van der Waals surface area contributed by atoms with Gasteiger partial charge < -0.3 is 14.1 Å². The van der Waals surface area contributed by atoms with Crippen LogP contribution in [0.4, 0.5) is 4.39 Å². The van der Waals surface area contributed by atoms with Crippen LogP contribution < -0.4 is 0 Å². The molecule has 210 valence electrons. The Morgan fingerprint density at radius 1 is 0.951 bits per heavy atom. The van der Waals surface area contributed by atoms with E-state index >= 15 is 4.39 Å². The van der Waals surface area contributed by atoms with Crippen LogP contribution in [0, 0.1) is 26.6 Å². The number of aromatic nitrogens is 3. The van der Waals surface area contributed by atoms with E-state index in [1.165, 1.54) is 23.3 Å². The van der Waals surface area contributed by atoms with Gasteiger partial charge in [-0.05, 0) is 85.7 Å². The lowest BCUT2D eigenvalue weighted by Gasteiger charge is -2.15. The first-order valence-electron chi connectivity index (χ1n) is 13.4. The molecule has 0 aliphatic heterocycles. The van der Waals surface area contributed by atoms with E-state index in [4.69, 9.17) is 9.40 Å². The first kappa shape index (κ1) is 27.1. The first-order valence-corrected chi connectivity index (χ1v) is 15.3. The number of hydrogen-bond donors (Lipinski definition) is 1. The van der Waals surface area contributed by atoms with Gasteiger partial charge in [-0.1, -0.05) is 18.2 Å². The van der Waals surface area contributed by atoms with Gasteiger partial charge in [-0.25, -0.2) is 22.8 Å². The maximum Gasteiger partial charge on any atom is 0.192 e. The Bertz CT molecular complexity index is 1940. The SMILES string of the molecule is Cc1cn(-c2ccc(-c3cc(F)c(CO)c(S(C)(=O)=O)c3)cc2-c2nc(C)oc2-c2ccc3c(c2)CCC3)c(C)n1. The van der Waals surface area contributed by atoms with Crippen molar-refractivity contribution in [3.05, 3.63) is 94.6 Å². The van der Waals surface area contributed by atoms with Crippen LogP contribution in [0.25, 0.3) is 39.4 Å². The average Bonchev–Trinajstić information content (AvgIpc) is 3.64. The molecule has 1 aliphatic carbocycles. The normalized spacial score (nSPS) is 13.1. The summed E-state index contributed by atoms with van der Waals surface area (Å²) in [6, 6.07) is 14.6. The number of rotatable bonds is 6. The number of oxazole rings is 1. The van der Waals surface area contributed by atoms with Crippen molar-refractivity contribution in [2.75, 3.05) is 6.26 Å². The van der Waals surface area contributed by atoms with E-state index in [-0.39, 0.29) is 10.5 Å². The Balaban J connectivity index is 1.60. The molecular weight excluding hydrogens is 541 g/mol. The number of hydrogen-bond acceptors (Lipinski definition) is 6. The monoisotopic (exact) mass is 571 g/mol. The highest BCUT2D eigenvalue weighted by Gasteiger charge is 2.24. The molecule has 0 amide bonds. The van der Waals surface area contributed by atoms with Gasteiger partial charge in [-0.3, -0.25) is 0 Å². The van der Waals surface area contributed by atoms with Gasteiger partial charge in [0.25, 0.3) is 0 Å². The molecule has 0 unspecified atom stereocenters. The Labute approximate surface area is 238 Å². The third-order valence-corrected chi connectivity index (χ3v) is 8.82. The van der Waals surface area contributed by atoms with Crippen LogP contribution in [0.2, 0.25) is 0 Å². The minimum atomic E-state index is -3.80. The van der Waals surface area contributed by atoms with Crippen LogP contribution in [-0.4, -0.2) is 34.3 Å². The minimum Gasteiger partial charge on any atom is -0.440 e. The maximum atomic E-state index is 15.1. The van der Waals surface area contributed by atoms with Gasteiger partial charge >= 0.3 is 0 Å². The van der Waals surface area contributed by atoms with Crippen molar-refractivity contribution >= 4 is 9.84 Å². The van der Waals surface area contributed by atoms with Crippen LogP contribution in [0.1, 0.15) is 40.5 Å². The van der Waals surface area contributed by atoms with Crippen LogP contribution in [0.3, 0.4) is 0 Å². The smallest absolute Gasteiger partial charge is 0.192 e. The summed E-state index contributed by atoms with van der Waals surface area (Å²) in [7, 11) is -3.80. The molecule has 0 radical (unpaired) electrons. The van der Waals surface area contributed by atoms with Gasteiger partial charge in [0.1, 0.15) is 17.3 Å². The van der Waals surface area contributed by atoms with E-state index in [1.807, 2.05) is 42.8 Å². The van der Waals surface area contributed by atoms with Gasteiger partial charge in [-0.2, -0.15) is 0 Å². The Hall–Kier alpha value is -4.08.